The molecule has 2 aromatic rings. The van der Waals surface area contributed by atoms with E-state index in [1.165, 1.54) is 34.6 Å². The largest absolute Gasteiger partial charge is 0.451 e. The number of anilines is 1. The van der Waals surface area contributed by atoms with Crippen molar-refractivity contribution in [2.75, 3.05) is 18.1 Å². The molecule has 0 N–H and O–H groups in total. The van der Waals surface area contributed by atoms with E-state index in [-0.39, 0.29) is 18.2 Å². The number of hydrogen-bond donors (Lipinski definition) is 0. The Hall–Kier alpha value is -2.81. The molecule has 0 aliphatic carbocycles. The quantitative estimate of drug-likeness (QED) is 0.471. The number of non-ortho nitro benzene ring substituents is 1. The van der Waals surface area contributed by atoms with E-state index in [9.17, 15) is 19.7 Å². The Bertz CT molecular complexity index is 848. The summed E-state index contributed by atoms with van der Waals surface area (Å²) in [6, 6.07) is 4.43. The molecule has 1 aliphatic heterocycles. The second-order valence-corrected chi connectivity index (χ2v) is 6.77. The summed E-state index contributed by atoms with van der Waals surface area (Å²) < 4.78 is 5.07. The monoisotopic (exact) mass is 361 g/mol. The summed E-state index contributed by atoms with van der Waals surface area (Å²) in [5.74, 6) is -0.940. The number of esters is 1. The molecule has 25 heavy (non-hydrogen) atoms. The van der Waals surface area contributed by atoms with Gasteiger partial charge in [-0.15, -0.1) is 11.3 Å². The number of nitrogens with zero attached hydrogens (tertiary/aromatic N) is 3. The normalized spacial score (nSPS) is 13.2. The third-order valence-electron chi connectivity index (χ3n) is 3.84. The highest BCUT2D eigenvalue weighted by Crippen LogP contribution is 2.30. The van der Waals surface area contributed by atoms with E-state index in [0.717, 1.165) is 10.6 Å². The first-order valence-electron chi connectivity index (χ1n) is 7.63. The van der Waals surface area contributed by atoms with Crippen LogP contribution in [0.25, 0.3) is 0 Å². The highest BCUT2D eigenvalue weighted by atomic mass is 32.1. The van der Waals surface area contributed by atoms with Gasteiger partial charge in [-0.05, 0) is 31.4 Å². The zero-order valence-electron chi connectivity index (χ0n) is 13.4. The lowest BCUT2D eigenvalue weighted by atomic mass is 10.0. The number of thiazole rings is 1. The summed E-state index contributed by atoms with van der Waals surface area (Å²) in [5, 5.41) is 11.6. The van der Waals surface area contributed by atoms with E-state index < -0.39 is 10.9 Å². The van der Waals surface area contributed by atoms with E-state index in [4.69, 9.17) is 4.74 Å². The first-order chi connectivity index (χ1) is 12.0. The van der Waals surface area contributed by atoms with Gasteiger partial charge in [0.05, 0.1) is 16.1 Å². The van der Waals surface area contributed by atoms with Gasteiger partial charge in [-0.2, -0.15) is 0 Å². The summed E-state index contributed by atoms with van der Waals surface area (Å²) in [6.07, 6.45) is 2.78. The highest BCUT2D eigenvalue weighted by molar-refractivity contribution is 7.13. The Morgan fingerprint density at radius 1 is 1.44 bits per heavy atom. The van der Waals surface area contributed by atoms with Gasteiger partial charge in [0.1, 0.15) is 4.88 Å². The van der Waals surface area contributed by atoms with Crippen LogP contribution in [-0.4, -0.2) is 34.9 Å². The Balaban J connectivity index is 1.69. The van der Waals surface area contributed by atoms with Crippen LogP contribution in [-0.2, 0) is 16.0 Å². The molecule has 130 valence electrons. The molecule has 9 heteroatoms. The number of benzene rings is 1. The Labute approximate surface area is 147 Å². The smallest absolute Gasteiger partial charge is 0.350 e. The number of ether oxygens (including phenoxy) is 1. The van der Waals surface area contributed by atoms with Gasteiger partial charge >= 0.3 is 5.97 Å². The number of fused-ring (bicyclic) bond motifs is 1. The summed E-state index contributed by atoms with van der Waals surface area (Å²) in [4.78, 5) is 40.6. The van der Waals surface area contributed by atoms with Crippen LogP contribution in [0.3, 0.4) is 0 Å². The lowest BCUT2D eigenvalue weighted by Crippen LogP contribution is -2.38. The molecule has 0 atom stereocenters. The number of rotatable bonds is 4. The maximum absolute atomic E-state index is 12.4. The average Bonchev–Trinajstić information content (AvgIpc) is 3.04. The molecule has 0 radical (unpaired) electrons. The van der Waals surface area contributed by atoms with Crippen LogP contribution in [0.5, 0.6) is 0 Å². The third kappa shape index (κ3) is 3.66. The fraction of sp³-hybridized carbons (Fsp3) is 0.312. The molecule has 0 spiro atoms. The lowest BCUT2D eigenvalue weighted by molar-refractivity contribution is -0.384. The van der Waals surface area contributed by atoms with E-state index >= 15 is 0 Å². The van der Waals surface area contributed by atoms with E-state index in [1.807, 2.05) is 0 Å². The maximum Gasteiger partial charge on any atom is 0.350 e. The van der Waals surface area contributed by atoms with Crippen molar-refractivity contribution in [3.8, 4) is 0 Å². The molecule has 1 amide bonds. The Morgan fingerprint density at radius 2 is 2.24 bits per heavy atom. The second-order valence-electron chi connectivity index (χ2n) is 5.54. The summed E-state index contributed by atoms with van der Waals surface area (Å²) in [5.41, 5.74) is 1.38. The molecule has 0 saturated heterocycles. The molecule has 3 rings (SSSR count). The van der Waals surface area contributed by atoms with Crippen LogP contribution in [0, 0.1) is 17.0 Å². The summed E-state index contributed by atoms with van der Waals surface area (Å²) in [7, 11) is 0. The molecule has 0 saturated carbocycles. The SMILES string of the molecule is Cc1ncc(C(=O)OCC(=O)N2CCCc3cc([N+](=O)[O-])ccc32)s1. The van der Waals surface area contributed by atoms with Gasteiger partial charge in [0.2, 0.25) is 0 Å². The van der Waals surface area contributed by atoms with Gasteiger partial charge in [-0.1, -0.05) is 0 Å². The van der Waals surface area contributed by atoms with E-state index in [1.54, 1.807) is 13.0 Å². The molecule has 2 heterocycles. The van der Waals surface area contributed by atoms with Crippen LogP contribution >= 0.6 is 11.3 Å². The van der Waals surface area contributed by atoms with Gasteiger partial charge in [0, 0.05) is 24.4 Å². The number of nitro benzene ring substituents is 1. The minimum absolute atomic E-state index is 0.0000389. The molecule has 1 aromatic carbocycles. The third-order valence-corrected chi connectivity index (χ3v) is 4.74. The number of carbonyl (C=O) groups excluding carboxylic acids is 2. The van der Waals surface area contributed by atoms with Crippen molar-refractivity contribution in [2.45, 2.75) is 19.8 Å². The van der Waals surface area contributed by atoms with Crippen LogP contribution in [0.15, 0.2) is 24.4 Å². The van der Waals surface area contributed by atoms with Gasteiger partial charge in [0.15, 0.2) is 6.61 Å². The number of aryl methyl sites for hydroxylation is 2. The number of nitro groups is 1. The van der Waals surface area contributed by atoms with Gasteiger partial charge in [-0.25, -0.2) is 9.78 Å². The van der Waals surface area contributed by atoms with Crippen molar-refractivity contribution < 1.29 is 19.2 Å². The molecule has 1 aliphatic rings. The van der Waals surface area contributed by atoms with Crippen LogP contribution in [0.4, 0.5) is 11.4 Å². The number of hydrogen-bond acceptors (Lipinski definition) is 7. The Kier molecular flexibility index (Phi) is 4.75. The zero-order chi connectivity index (χ0) is 18.0. The topological polar surface area (TPSA) is 103 Å². The van der Waals surface area contributed by atoms with Crippen LogP contribution in [0.1, 0.15) is 26.7 Å². The fourth-order valence-corrected chi connectivity index (χ4v) is 3.36. The predicted molar refractivity (Wildman–Crippen MR) is 90.9 cm³/mol. The average molecular weight is 361 g/mol. The van der Waals surface area contributed by atoms with Gasteiger partial charge < -0.3 is 9.64 Å². The van der Waals surface area contributed by atoms with Gasteiger partial charge in [-0.3, -0.25) is 14.9 Å². The van der Waals surface area contributed by atoms with Crippen molar-refractivity contribution in [3.05, 3.63) is 50.0 Å². The van der Waals surface area contributed by atoms with E-state index in [0.29, 0.717) is 30.0 Å². The molecule has 1 aromatic heterocycles. The van der Waals surface area contributed by atoms with Crippen LogP contribution in [0.2, 0.25) is 0 Å². The predicted octanol–water partition coefficient (Wildman–Crippen LogP) is 2.50. The fourth-order valence-electron chi connectivity index (χ4n) is 2.69. The highest BCUT2D eigenvalue weighted by Gasteiger charge is 2.25. The second kappa shape index (κ2) is 6.98. The summed E-state index contributed by atoms with van der Waals surface area (Å²) >= 11 is 1.20. The number of amides is 1. The number of carbonyl (C=O) groups is 2. The minimum atomic E-state index is -0.583. The summed E-state index contributed by atoms with van der Waals surface area (Å²) in [6.45, 7) is 1.88. The molecule has 0 bridgehead atoms. The van der Waals surface area contributed by atoms with Crippen molar-refractivity contribution in [1.29, 1.82) is 0 Å². The van der Waals surface area contributed by atoms with Crippen molar-refractivity contribution in [2.24, 2.45) is 0 Å². The Morgan fingerprint density at radius 3 is 2.92 bits per heavy atom. The van der Waals surface area contributed by atoms with Crippen molar-refractivity contribution in [3.63, 3.8) is 0 Å². The molecular weight excluding hydrogens is 346 g/mol. The molecular formula is C16H15N3O5S. The first kappa shape index (κ1) is 17.0. The standard InChI is InChI=1S/C16H15N3O5S/c1-10-17-8-14(25-10)16(21)24-9-15(20)18-6-2-3-11-7-12(19(22)23)4-5-13(11)18/h4-5,7-8H,2-3,6,9H2,1H3. The molecule has 0 unspecified atom stereocenters. The van der Waals surface area contributed by atoms with Crippen molar-refractivity contribution in [1.82, 2.24) is 4.98 Å². The van der Waals surface area contributed by atoms with Crippen LogP contribution < -0.4 is 4.90 Å². The molecule has 8 nitrogen and oxygen atoms in total. The molecule has 0 fully saturated rings. The first-order valence-corrected chi connectivity index (χ1v) is 8.44. The lowest BCUT2D eigenvalue weighted by Gasteiger charge is -2.29. The number of aromatic nitrogens is 1. The van der Waals surface area contributed by atoms with Crippen molar-refractivity contribution >= 4 is 34.6 Å². The van der Waals surface area contributed by atoms with E-state index in [2.05, 4.69) is 4.98 Å². The maximum atomic E-state index is 12.4. The zero-order valence-corrected chi connectivity index (χ0v) is 14.2. The van der Waals surface area contributed by atoms with Gasteiger partial charge in [0.25, 0.3) is 11.6 Å². The minimum Gasteiger partial charge on any atom is -0.451 e.